The fraction of sp³-hybridized carbons (Fsp3) is 0.565. The van der Waals surface area contributed by atoms with Gasteiger partial charge in [-0.1, -0.05) is 12.5 Å². The first-order valence-corrected chi connectivity index (χ1v) is 11.5. The van der Waals surface area contributed by atoms with Crippen LogP contribution in [-0.2, 0) is 10.9 Å². The van der Waals surface area contributed by atoms with Crippen molar-refractivity contribution in [2.75, 3.05) is 11.9 Å². The number of ether oxygens (including phenoxy) is 2. The van der Waals surface area contributed by atoms with E-state index in [4.69, 9.17) is 9.47 Å². The van der Waals surface area contributed by atoms with E-state index in [1.807, 2.05) is 42.6 Å². The van der Waals surface area contributed by atoms with Crippen LogP contribution in [0, 0.1) is 0 Å². The number of hydrogen-bond acceptors (Lipinski definition) is 7. The number of hydrogen-bond donors (Lipinski definition) is 1. The Morgan fingerprint density at radius 1 is 1.24 bits per heavy atom. The molecule has 34 heavy (non-hydrogen) atoms. The predicted octanol–water partition coefficient (Wildman–Crippen LogP) is 4.62. The lowest BCUT2D eigenvalue weighted by Gasteiger charge is -2.42. The number of nitrogens with zero attached hydrogens (tertiary/aromatic N) is 5. The molecule has 3 atom stereocenters. The monoisotopic (exact) mass is 476 g/mol. The molecule has 11 heteroatoms. The minimum Gasteiger partial charge on any atom is -0.474 e. The molecule has 1 saturated heterocycles. The molecule has 5 rings (SSSR count). The van der Waals surface area contributed by atoms with Crippen LogP contribution in [-0.4, -0.2) is 48.9 Å². The third-order valence-electron chi connectivity index (χ3n) is 6.38. The number of halogens is 3. The zero-order valence-electron chi connectivity index (χ0n) is 19.0. The molecule has 1 N–H and O–H groups in total. The molecule has 0 radical (unpaired) electrons. The van der Waals surface area contributed by atoms with E-state index in [-0.39, 0.29) is 36.2 Å². The van der Waals surface area contributed by atoms with E-state index in [9.17, 15) is 13.2 Å². The van der Waals surface area contributed by atoms with Gasteiger partial charge in [-0.25, -0.2) is 4.98 Å². The SMILES string of the molecule is CC1(C)C[C@@H](COc2nc(N[C@@H]3CCC[C@H](c4nnc5ccccn45)C3)ncc2C(F)(F)F)O1. The van der Waals surface area contributed by atoms with Gasteiger partial charge >= 0.3 is 6.18 Å². The van der Waals surface area contributed by atoms with E-state index in [2.05, 4.69) is 25.5 Å². The highest BCUT2D eigenvalue weighted by molar-refractivity contribution is 5.38. The molecule has 2 fully saturated rings. The summed E-state index contributed by atoms with van der Waals surface area (Å²) in [5.74, 6) is 0.708. The normalized spacial score (nSPS) is 24.6. The molecule has 1 aliphatic carbocycles. The summed E-state index contributed by atoms with van der Waals surface area (Å²) in [5, 5.41) is 11.8. The number of anilines is 1. The van der Waals surface area contributed by atoms with Crippen LogP contribution < -0.4 is 10.1 Å². The quantitative estimate of drug-likeness (QED) is 0.555. The largest absolute Gasteiger partial charge is 0.474 e. The summed E-state index contributed by atoms with van der Waals surface area (Å²) in [4.78, 5) is 8.02. The highest BCUT2D eigenvalue weighted by atomic mass is 19.4. The second-order valence-electron chi connectivity index (χ2n) is 9.62. The molecule has 3 aromatic heterocycles. The van der Waals surface area contributed by atoms with E-state index >= 15 is 0 Å². The smallest absolute Gasteiger partial charge is 0.423 e. The van der Waals surface area contributed by atoms with E-state index in [1.54, 1.807) is 0 Å². The zero-order valence-corrected chi connectivity index (χ0v) is 19.0. The van der Waals surface area contributed by atoms with E-state index in [0.29, 0.717) is 6.42 Å². The predicted molar refractivity (Wildman–Crippen MR) is 118 cm³/mol. The number of aromatic nitrogens is 5. The first-order valence-electron chi connectivity index (χ1n) is 11.5. The summed E-state index contributed by atoms with van der Waals surface area (Å²) in [6.07, 6.45) is 2.10. The van der Waals surface area contributed by atoms with Gasteiger partial charge in [0.15, 0.2) is 5.65 Å². The fourth-order valence-electron chi connectivity index (χ4n) is 4.87. The van der Waals surface area contributed by atoms with Gasteiger partial charge in [-0.05, 0) is 45.2 Å². The maximum atomic E-state index is 13.5. The molecule has 4 heterocycles. The van der Waals surface area contributed by atoms with Crippen molar-refractivity contribution in [2.24, 2.45) is 0 Å². The van der Waals surface area contributed by atoms with E-state index in [0.717, 1.165) is 43.4 Å². The minimum absolute atomic E-state index is 0.00448. The standard InChI is InChI=1S/C23H27F3N6O2/c1-22(2)11-16(34-22)13-33-20-17(23(24,25)26)12-27-21(29-20)28-15-7-5-6-14(10-15)19-31-30-18-8-3-4-9-32(18)19/h3-4,8-9,12,14-16H,5-7,10-11,13H2,1-2H3,(H,27,28,29)/t14-,15+,16-/m0/s1. The van der Waals surface area contributed by atoms with Crippen LogP contribution in [0.4, 0.5) is 19.1 Å². The average Bonchev–Trinajstić information content (AvgIpc) is 3.20. The minimum atomic E-state index is -4.61. The lowest BCUT2D eigenvalue weighted by Crippen LogP contribution is -2.48. The van der Waals surface area contributed by atoms with Crippen LogP contribution in [0.3, 0.4) is 0 Å². The van der Waals surface area contributed by atoms with E-state index < -0.39 is 17.6 Å². The molecule has 8 nitrogen and oxygen atoms in total. The number of nitrogens with one attached hydrogen (secondary N) is 1. The lowest BCUT2D eigenvalue weighted by molar-refractivity contribution is -0.195. The molecule has 0 unspecified atom stereocenters. The number of fused-ring (bicyclic) bond motifs is 1. The van der Waals surface area contributed by atoms with Crippen molar-refractivity contribution in [3.05, 3.63) is 42.0 Å². The maximum Gasteiger partial charge on any atom is 0.423 e. The molecule has 0 amide bonds. The van der Waals surface area contributed by atoms with Gasteiger partial charge < -0.3 is 14.8 Å². The van der Waals surface area contributed by atoms with Crippen molar-refractivity contribution >= 4 is 11.6 Å². The highest BCUT2D eigenvalue weighted by Gasteiger charge is 2.40. The molecule has 2 aliphatic rings. The summed E-state index contributed by atoms with van der Waals surface area (Å²) in [5.41, 5.74) is -0.473. The molecule has 1 aliphatic heterocycles. The summed E-state index contributed by atoms with van der Waals surface area (Å²) < 4.78 is 53.5. The van der Waals surface area contributed by atoms with Crippen LogP contribution in [0.1, 0.15) is 63.3 Å². The summed E-state index contributed by atoms with van der Waals surface area (Å²) >= 11 is 0. The van der Waals surface area contributed by atoms with Gasteiger partial charge in [0.05, 0.1) is 11.7 Å². The van der Waals surface area contributed by atoms with Gasteiger partial charge in [0.2, 0.25) is 11.8 Å². The Morgan fingerprint density at radius 3 is 2.82 bits per heavy atom. The van der Waals surface area contributed by atoms with Crippen molar-refractivity contribution in [3.63, 3.8) is 0 Å². The Bertz CT molecular complexity index is 1160. The Hall–Kier alpha value is -2.95. The molecular weight excluding hydrogens is 449 g/mol. The summed E-state index contributed by atoms with van der Waals surface area (Å²) in [6, 6.07) is 5.75. The van der Waals surface area contributed by atoms with Gasteiger partial charge in [0.25, 0.3) is 0 Å². The first-order chi connectivity index (χ1) is 16.2. The van der Waals surface area contributed by atoms with E-state index in [1.165, 1.54) is 0 Å². The third-order valence-corrected chi connectivity index (χ3v) is 6.38. The van der Waals surface area contributed by atoms with Crippen molar-refractivity contribution < 1.29 is 22.6 Å². The number of alkyl halides is 3. The van der Waals surface area contributed by atoms with Crippen molar-refractivity contribution in [1.82, 2.24) is 24.6 Å². The van der Waals surface area contributed by atoms with Crippen LogP contribution >= 0.6 is 0 Å². The summed E-state index contributed by atoms with van der Waals surface area (Å²) in [6.45, 7) is 3.86. The Morgan fingerprint density at radius 2 is 2.06 bits per heavy atom. The lowest BCUT2D eigenvalue weighted by atomic mass is 9.85. The number of pyridine rings is 1. The highest BCUT2D eigenvalue weighted by Crippen LogP contribution is 2.38. The van der Waals surface area contributed by atoms with Gasteiger partial charge in [-0.15, -0.1) is 10.2 Å². The molecule has 0 aromatic carbocycles. The van der Waals surface area contributed by atoms with Crippen LogP contribution in [0.25, 0.3) is 5.65 Å². The molecule has 3 aromatic rings. The Balaban J connectivity index is 1.29. The molecule has 1 saturated carbocycles. The van der Waals surface area contributed by atoms with Gasteiger partial charge in [0, 0.05) is 30.8 Å². The molecule has 182 valence electrons. The second kappa shape index (κ2) is 8.68. The van der Waals surface area contributed by atoms with Crippen LogP contribution in [0.15, 0.2) is 30.6 Å². The fourth-order valence-corrected chi connectivity index (χ4v) is 4.87. The average molecular weight is 477 g/mol. The van der Waals surface area contributed by atoms with Crippen LogP contribution in [0.2, 0.25) is 0 Å². The first kappa shape index (κ1) is 22.8. The Labute approximate surface area is 194 Å². The van der Waals surface area contributed by atoms with Gasteiger partial charge in [0.1, 0.15) is 18.0 Å². The maximum absolute atomic E-state index is 13.5. The molecule has 0 spiro atoms. The molecule has 0 bridgehead atoms. The Kier molecular flexibility index (Phi) is 5.83. The van der Waals surface area contributed by atoms with Crippen molar-refractivity contribution in [2.45, 2.75) is 75.8 Å². The van der Waals surface area contributed by atoms with Gasteiger partial charge in [-0.3, -0.25) is 4.40 Å². The van der Waals surface area contributed by atoms with Crippen molar-refractivity contribution in [3.8, 4) is 5.88 Å². The topological polar surface area (TPSA) is 86.5 Å². The third kappa shape index (κ3) is 4.79. The van der Waals surface area contributed by atoms with Gasteiger partial charge in [-0.2, -0.15) is 18.2 Å². The van der Waals surface area contributed by atoms with Crippen LogP contribution in [0.5, 0.6) is 5.88 Å². The zero-order chi connectivity index (χ0) is 23.9. The summed E-state index contributed by atoms with van der Waals surface area (Å²) in [7, 11) is 0. The van der Waals surface area contributed by atoms with Crippen molar-refractivity contribution in [1.29, 1.82) is 0 Å². The number of rotatable bonds is 6. The molecular formula is C23H27F3N6O2. The second-order valence-corrected chi connectivity index (χ2v) is 9.62.